The lowest BCUT2D eigenvalue weighted by Crippen LogP contribution is -2.41. The first kappa shape index (κ1) is 15.3. The summed E-state index contributed by atoms with van der Waals surface area (Å²) in [5.74, 6) is 0. The van der Waals surface area contributed by atoms with Gasteiger partial charge in [-0.2, -0.15) is 0 Å². The summed E-state index contributed by atoms with van der Waals surface area (Å²) >= 11 is 3.34. The Balaban J connectivity index is 2.16. The van der Waals surface area contributed by atoms with Gasteiger partial charge in [0.1, 0.15) is 10.2 Å². The minimum atomic E-state index is -0.461. The fourth-order valence-corrected chi connectivity index (χ4v) is 2.64. The predicted octanol–water partition coefficient (Wildman–Crippen LogP) is 4.31. The van der Waals surface area contributed by atoms with Crippen LogP contribution in [0, 0.1) is 0 Å². The lowest BCUT2D eigenvalue weighted by atomic mass is 9.97. The van der Waals surface area contributed by atoms with Gasteiger partial charge in [-0.25, -0.2) is 9.78 Å². The van der Waals surface area contributed by atoms with Gasteiger partial charge in [0.25, 0.3) is 0 Å². The fourth-order valence-electron chi connectivity index (χ4n) is 2.40. The van der Waals surface area contributed by atoms with E-state index in [9.17, 15) is 4.79 Å². The van der Waals surface area contributed by atoms with Crippen LogP contribution in [0.25, 0.3) is 0 Å². The third kappa shape index (κ3) is 3.95. The molecule has 110 valence electrons. The number of hydrogen-bond acceptors (Lipinski definition) is 3. The van der Waals surface area contributed by atoms with Gasteiger partial charge in [0.15, 0.2) is 0 Å². The van der Waals surface area contributed by atoms with E-state index in [-0.39, 0.29) is 12.1 Å². The Kier molecular flexibility index (Phi) is 4.68. The summed E-state index contributed by atoms with van der Waals surface area (Å²) in [6.45, 7) is 6.43. The Morgan fingerprint density at radius 3 is 2.75 bits per heavy atom. The third-order valence-electron chi connectivity index (χ3n) is 3.27. The van der Waals surface area contributed by atoms with Crippen LogP contribution >= 0.6 is 15.9 Å². The number of rotatable bonds is 1. The first-order valence-electron chi connectivity index (χ1n) is 6.98. The number of halogens is 1. The first-order chi connectivity index (χ1) is 9.37. The van der Waals surface area contributed by atoms with Crippen molar-refractivity contribution in [2.45, 2.75) is 51.7 Å². The van der Waals surface area contributed by atoms with E-state index in [1.807, 2.05) is 44.0 Å². The van der Waals surface area contributed by atoms with Crippen molar-refractivity contribution in [1.82, 2.24) is 9.88 Å². The summed E-state index contributed by atoms with van der Waals surface area (Å²) in [6.07, 6.45) is 4.71. The average molecular weight is 341 g/mol. The zero-order valence-corrected chi connectivity index (χ0v) is 13.8. The van der Waals surface area contributed by atoms with Crippen molar-refractivity contribution in [3.05, 3.63) is 28.5 Å². The van der Waals surface area contributed by atoms with Gasteiger partial charge in [0, 0.05) is 12.7 Å². The molecule has 4 nitrogen and oxygen atoms in total. The molecule has 0 bridgehead atoms. The smallest absolute Gasteiger partial charge is 0.410 e. The molecule has 0 aromatic carbocycles. The molecule has 20 heavy (non-hydrogen) atoms. The van der Waals surface area contributed by atoms with E-state index in [1.165, 1.54) is 0 Å². The van der Waals surface area contributed by atoms with Gasteiger partial charge in [-0.1, -0.05) is 6.07 Å². The largest absolute Gasteiger partial charge is 0.444 e. The Morgan fingerprint density at radius 1 is 1.40 bits per heavy atom. The molecule has 0 unspecified atom stereocenters. The molecule has 1 aliphatic heterocycles. The highest BCUT2D eigenvalue weighted by atomic mass is 79.9. The molecule has 1 saturated heterocycles. The van der Waals surface area contributed by atoms with Gasteiger partial charge in [-0.05, 0) is 67.6 Å². The second-order valence-electron chi connectivity index (χ2n) is 6.10. The molecule has 1 aromatic rings. The minimum Gasteiger partial charge on any atom is -0.444 e. The maximum Gasteiger partial charge on any atom is 0.410 e. The van der Waals surface area contributed by atoms with Crippen LogP contribution in [-0.4, -0.2) is 28.1 Å². The normalized spacial score (nSPS) is 19.8. The van der Waals surface area contributed by atoms with E-state index in [0.29, 0.717) is 0 Å². The maximum absolute atomic E-state index is 12.3. The van der Waals surface area contributed by atoms with E-state index in [2.05, 4.69) is 20.9 Å². The maximum atomic E-state index is 12.3. The van der Waals surface area contributed by atoms with Crippen LogP contribution in [0.3, 0.4) is 0 Å². The molecule has 0 saturated carbocycles. The Labute approximate surface area is 128 Å². The number of nitrogens with zero attached hydrogens (tertiary/aromatic N) is 2. The van der Waals surface area contributed by atoms with Crippen LogP contribution in [0.4, 0.5) is 4.79 Å². The Hall–Kier alpha value is -1.10. The molecule has 2 heterocycles. The van der Waals surface area contributed by atoms with E-state index in [4.69, 9.17) is 4.74 Å². The standard InChI is InChI=1S/C15H21BrN2O2/c1-15(2,3)20-14(19)18-9-5-4-6-12(18)11-7-8-13(16)17-10-11/h7-8,10,12H,4-6,9H2,1-3H3/t12-/m1/s1. The lowest BCUT2D eigenvalue weighted by molar-refractivity contribution is 0.00948. The van der Waals surface area contributed by atoms with E-state index in [1.54, 1.807) is 0 Å². The number of likely N-dealkylation sites (tertiary alicyclic amines) is 1. The predicted molar refractivity (Wildman–Crippen MR) is 81.5 cm³/mol. The third-order valence-corrected chi connectivity index (χ3v) is 3.73. The van der Waals surface area contributed by atoms with Gasteiger partial charge in [-0.3, -0.25) is 0 Å². The number of ether oxygens (including phenoxy) is 1. The van der Waals surface area contributed by atoms with Gasteiger partial charge in [0.2, 0.25) is 0 Å². The topological polar surface area (TPSA) is 42.4 Å². The molecule has 0 aliphatic carbocycles. The number of piperidine rings is 1. The highest BCUT2D eigenvalue weighted by Gasteiger charge is 2.31. The Bertz CT molecular complexity index is 468. The summed E-state index contributed by atoms with van der Waals surface area (Å²) in [5, 5.41) is 0. The SMILES string of the molecule is CC(C)(C)OC(=O)N1CCCC[C@@H]1c1ccc(Br)nc1. The second-order valence-corrected chi connectivity index (χ2v) is 6.91. The van der Waals surface area contributed by atoms with Crippen LogP contribution in [0.5, 0.6) is 0 Å². The molecule has 1 aromatic heterocycles. The molecule has 1 fully saturated rings. The monoisotopic (exact) mass is 340 g/mol. The zero-order chi connectivity index (χ0) is 14.8. The lowest BCUT2D eigenvalue weighted by Gasteiger charge is -2.36. The molecule has 5 heteroatoms. The second kappa shape index (κ2) is 6.12. The molecule has 2 rings (SSSR count). The van der Waals surface area contributed by atoms with Crippen LogP contribution in [0.1, 0.15) is 51.6 Å². The minimum absolute atomic E-state index is 0.0687. The first-order valence-corrected chi connectivity index (χ1v) is 7.77. The van der Waals surface area contributed by atoms with Crippen molar-refractivity contribution in [3.8, 4) is 0 Å². The number of amides is 1. The summed E-state index contributed by atoms with van der Waals surface area (Å²) < 4.78 is 6.32. The number of aromatic nitrogens is 1. The zero-order valence-electron chi connectivity index (χ0n) is 12.2. The molecule has 1 aliphatic rings. The van der Waals surface area contributed by atoms with E-state index in [0.717, 1.165) is 36.0 Å². The van der Waals surface area contributed by atoms with Crippen molar-refractivity contribution in [2.75, 3.05) is 6.54 Å². The van der Waals surface area contributed by atoms with Crippen LogP contribution in [-0.2, 0) is 4.74 Å². The molecule has 1 atom stereocenters. The number of hydrogen-bond donors (Lipinski definition) is 0. The van der Waals surface area contributed by atoms with Crippen LogP contribution in [0.15, 0.2) is 22.9 Å². The van der Waals surface area contributed by atoms with Gasteiger partial charge >= 0.3 is 6.09 Å². The Morgan fingerprint density at radius 2 is 2.15 bits per heavy atom. The van der Waals surface area contributed by atoms with Crippen molar-refractivity contribution in [1.29, 1.82) is 0 Å². The molecule has 0 spiro atoms. The molecule has 0 radical (unpaired) electrons. The van der Waals surface area contributed by atoms with Gasteiger partial charge in [-0.15, -0.1) is 0 Å². The number of carbonyl (C=O) groups excluding carboxylic acids is 1. The van der Waals surface area contributed by atoms with E-state index >= 15 is 0 Å². The molecular formula is C15H21BrN2O2. The van der Waals surface area contributed by atoms with Gasteiger partial charge < -0.3 is 9.64 Å². The van der Waals surface area contributed by atoms with E-state index < -0.39 is 5.60 Å². The summed E-state index contributed by atoms with van der Waals surface area (Å²) in [6, 6.07) is 4.00. The van der Waals surface area contributed by atoms with Crippen molar-refractivity contribution < 1.29 is 9.53 Å². The summed E-state index contributed by atoms with van der Waals surface area (Å²) in [7, 11) is 0. The highest BCUT2D eigenvalue weighted by Crippen LogP contribution is 2.32. The van der Waals surface area contributed by atoms with Gasteiger partial charge in [0.05, 0.1) is 6.04 Å². The highest BCUT2D eigenvalue weighted by molar-refractivity contribution is 9.10. The molecular weight excluding hydrogens is 320 g/mol. The number of carbonyl (C=O) groups is 1. The van der Waals surface area contributed by atoms with Crippen molar-refractivity contribution >= 4 is 22.0 Å². The average Bonchev–Trinajstić information content (AvgIpc) is 2.38. The van der Waals surface area contributed by atoms with Crippen molar-refractivity contribution in [2.24, 2.45) is 0 Å². The van der Waals surface area contributed by atoms with Crippen molar-refractivity contribution in [3.63, 3.8) is 0 Å². The fraction of sp³-hybridized carbons (Fsp3) is 0.600. The van der Waals surface area contributed by atoms with Crippen LogP contribution in [0.2, 0.25) is 0 Å². The summed E-state index contributed by atoms with van der Waals surface area (Å²) in [4.78, 5) is 18.4. The molecule has 0 N–H and O–H groups in total. The van der Waals surface area contributed by atoms with Crippen LogP contribution < -0.4 is 0 Å². The molecule has 1 amide bonds. The summed E-state index contributed by atoms with van der Waals surface area (Å²) in [5.41, 5.74) is 0.607. The number of pyridine rings is 1. The quantitative estimate of drug-likeness (QED) is 0.715.